The average Bonchev–Trinajstić information content (AvgIpc) is 3.15. The highest BCUT2D eigenvalue weighted by molar-refractivity contribution is 5.54. The van der Waals surface area contributed by atoms with Gasteiger partial charge in [-0.1, -0.05) is 18.0 Å². The molecule has 4 rings (SSSR count). The maximum absolute atomic E-state index is 5.55. The number of methoxy groups -OCH3 is 1. The summed E-state index contributed by atoms with van der Waals surface area (Å²) in [5.41, 5.74) is 1.69. The van der Waals surface area contributed by atoms with Crippen LogP contribution in [0.2, 0.25) is 0 Å². The van der Waals surface area contributed by atoms with E-state index >= 15 is 0 Å². The zero-order valence-electron chi connectivity index (χ0n) is 13.6. The number of oxazole rings is 1. The Morgan fingerprint density at radius 2 is 2.00 bits per heavy atom. The Kier molecular flexibility index (Phi) is 4.02. The molecule has 0 unspecified atom stereocenters. The van der Waals surface area contributed by atoms with Crippen LogP contribution in [-0.4, -0.2) is 22.2 Å². The van der Waals surface area contributed by atoms with Gasteiger partial charge in [0.1, 0.15) is 12.0 Å². The number of rotatable bonds is 7. The molecule has 2 aromatic heterocycles. The molecule has 1 aromatic carbocycles. The predicted octanol–water partition coefficient (Wildman–Crippen LogP) is 3.67. The monoisotopic (exact) mass is 325 g/mol. The first-order valence-electron chi connectivity index (χ1n) is 8.20. The quantitative estimate of drug-likeness (QED) is 0.660. The summed E-state index contributed by atoms with van der Waals surface area (Å²) < 4.78 is 16.0. The van der Waals surface area contributed by atoms with Crippen LogP contribution < -0.4 is 4.74 Å². The van der Waals surface area contributed by atoms with Crippen LogP contribution in [0.5, 0.6) is 5.75 Å². The zero-order valence-corrected chi connectivity index (χ0v) is 13.6. The fourth-order valence-electron chi connectivity index (χ4n) is 2.61. The van der Waals surface area contributed by atoms with E-state index in [2.05, 4.69) is 15.1 Å². The molecule has 0 spiro atoms. The van der Waals surface area contributed by atoms with Crippen LogP contribution in [0.1, 0.15) is 36.7 Å². The molecule has 0 saturated heterocycles. The smallest absolute Gasteiger partial charge is 0.226 e. The maximum Gasteiger partial charge on any atom is 0.226 e. The summed E-state index contributed by atoms with van der Waals surface area (Å²) in [7, 11) is 1.64. The molecular weight excluding hydrogens is 306 g/mol. The number of hydrogen-bond acceptors (Lipinski definition) is 6. The van der Waals surface area contributed by atoms with Gasteiger partial charge >= 0.3 is 0 Å². The molecule has 2 heterocycles. The summed E-state index contributed by atoms with van der Waals surface area (Å²) in [5, 5.41) is 4.03. The molecule has 0 radical (unpaired) electrons. The summed E-state index contributed by atoms with van der Waals surface area (Å²) >= 11 is 0. The van der Waals surface area contributed by atoms with E-state index < -0.39 is 0 Å². The number of aromatic nitrogens is 3. The van der Waals surface area contributed by atoms with Gasteiger partial charge in [0.05, 0.1) is 19.2 Å². The first-order chi connectivity index (χ1) is 11.8. The molecule has 0 aliphatic heterocycles. The molecule has 0 N–H and O–H groups in total. The number of ether oxygens (including phenoxy) is 1. The highest BCUT2D eigenvalue weighted by Crippen LogP contribution is 2.33. The van der Waals surface area contributed by atoms with Gasteiger partial charge in [-0.25, -0.2) is 4.98 Å². The van der Waals surface area contributed by atoms with Gasteiger partial charge < -0.3 is 13.7 Å². The Morgan fingerprint density at radius 1 is 1.17 bits per heavy atom. The van der Waals surface area contributed by atoms with Crippen LogP contribution in [0, 0.1) is 5.92 Å². The molecule has 124 valence electrons. The molecule has 0 amide bonds. The molecule has 0 bridgehead atoms. The van der Waals surface area contributed by atoms with E-state index in [1.807, 2.05) is 24.3 Å². The van der Waals surface area contributed by atoms with Crippen LogP contribution in [0.3, 0.4) is 0 Å². The molecule has 6 heteroatoms. The van der Waals surface area contributed by atoms with Crippen molar-refractivity contribution >= 4 is 0 Å². The van der Waals surface area contributed by atoms with Gasteiger partial charge in [-0.3, -0.25) is 0 Å². The third kappa shape index (κ3) is 3.48. The lowest BCUT2D eigenvalue weighted by Crippen LogP contribution is -1.92. The molecule has 24 heavy (non-hydrogen) atoms. The highest BCUT2D eigenvalue weighted by atomic mass is 16.5. The van der Waals surface area contributed by atoms with Crippen molar-refractivity contribution in [3.8, 4) is 17.2 Å². The minimum atomic E-state index is 0.507. The van der Waals surface area contributed by atoms with Crippen molar-refractivity contribution in [2.75, 3.05) is 7.11 Å². The van der Waals surface area contributed by atoms with Crippen LogP contribution in [0.15, 0.2) is 39.5 Å². The molecule has 1 saturated carbocycles. The lowest BCUT2D eigenvalue weighted by Gasteiger charge is -1.99. The van der Waals surface area contributed by atoms with Crippen molar-refractivity contribution in [3.63, 3.8) is 0 Å². The van der Waals surface area contributed by atoms with Gasteiger partial charge in [0, 0.05) is 12.0 Å². The molecule has 6 nitrogen and oxygen atoms in total. The van der Waals surface area contributed by atoms with E-state index in [0.29, 0.717) is 18.1 Å². The maximum atomic E-state index is 5.55. The van der Waals surface area contributed by atoms with E-state index in [4.69, 9.17) is 13.7 Å². The highest BCUT2D eigenvalue weighted by Gasteiger charge is 2.22. The second kappa shape index (κ2) is 6.47. The Morgan fingerprint density at radius 3 is 2.75 bits per heavy atom. The lowest BCUT2D eigenvalue weighted by atomic mass is 10.2. The van der Waals surface area contributed by atoms with Crippen molar-refractivity contribution in [2.45, 2.75) is 32.1 Å². The second-order valence-electron chi connectivity index (χ2n) is 6.14. The molecule has 1 aliphatic carbocycles. The Balaban J connectivity index is 1.40. The number of aryl methyl sites for hydroxylation is 1. The van der Waals surface area contributed by atoms with Crippen LogP contribution in [-0.2, 0) is 12.8 Å². The summed E-state index contributed by atoms with van der Waals surface area (Å²) in [6.07, 6.45) is 6.84. The van der Waals surface area contributed by atoms with E-state index in [1.54, 1.807) is 13.4 Å². The fraction of sp³-hybridized carbons (Fsp3) is 0.389. The van der Waals surface area contributed by atoms with Crippen LogP contribution >= 0.6 is 0 Å². The molecule has 0 atom stereocenters. The first kappa shape index (κ1) is 14.9. The summed E-state index contributed by atoms with van der Waals surface area (Å²) in [6, 6.07) is 7.59. The summed E-state index contributed by atoms with van der Waals surface area (Å²) in [4.78, 5) is 8.93. The average molecular weight is 325 g/mol. The predicted molar refractivity (Wildman–Crippen MR) is 86.6 cm³/mol. The number of hydrogen-bond donors (Lipinski definition) is 0. The molecular formula is C18H19N3O3. The van der Waals surface area contributed by atoms with E-state index in [-0.39, 0.29) is 0 Å². The van der Waals surface area contributed by atoms with Gasteiger partial charge in [0.15, 0.2) is 5.82 Å². The van der Waals surface area contributed by atoms with Crippen molar-refractivity contribution in [3.05, 3.63) is 47.9 Å². The van der Waals surface area contributed by atoms with Gasteiger partial charge in [0.2, 0.25) is 11.8 Å². The SMILES string of the molecule is COc1ccc(-c2nc(Cc3noc(CCC4CC4)n3)co2)cc1. The summed E-state index contributed by atoms with van der Waals surface area (Å²) in [5.74, 6) is 3.61. The van der Waals surface area contributed by atoms with E-state index in [9.17, 15) is 0 Å². The van der Waals surface area contributed by atoms with Gasteiger partial charge in [0.25, 0.3) is 0 Å². The van der Waals surface area contributed by atoms with E-state index in [0.717, 1.165) is 41.7 Å². The van der Waals surface area contributed by atoms with Gasteiger partial charge in [-0.05, 0) is 36.6 Å². The fourth-order valence-corrected chi connectivity index (χ4v) is 2.61. The molecule has 1 aliphatic rings. The Bertz CT molecular complexity index is 803. The standard InChI is InChI=1S/C18H19N3O3/c1-22-15-7-5-13(6-8-15)18-19-14(11-23-18)10-16-20-17(24-21-16)9-4-12-2-3-12/h5-8,11-12H,2-4,9-10H2,1H3. The summed E-state index contributed by atoms with van der Waals surface area (Å²) in [6.45, 7) is 0. The molecule has 3 aromatic rings. The number of nitrogens with zero attached hydrogens (tertiary/aromatic N) is 3. The largest absolute Gasteiger partial charge is 0.497 e. The minimum absolute atomic E-state index is 0.507. The van der Waals surface area contributed by atoms with Gasteiger partial charge in [-0.15, -0.1) is 0 Å². The minimum Gasteiger partial charge on any atom is -0.497 e. The second-order valence-corrected chi connectivity index (χ2v) is 6.14. The lowest BCUT2D eigenvalue weighted by molar-refractivity contribution is 0.368. The van der Waals surface area contributed by atoms with Crippen molar-refractivity contribution < 1.29 is 13.7 Å². The molecule has 1 fully saturated rings. The zero-order chi connectivity index (χ0) is 16.4. The third-order valence-electron chi connectivity index (χ3n) is 4.20. The van der Waals surface area contributed by atoms with E-state index in [1.165, 1.54) is 12.8 Å². The first-order valence-corrected chi connectivity index (χ1v) is 8.20. The topological polar surface area (TPSA) is 74.2 Å². The third-order valence-corrected chi connectivity index (χ3v) is 4.20. The Hall–Kier alpha value is -2.63. The van der Waals surface area contributed by atoms with Crippen molar-refractivity contribution in [1.29, 1.82) is 0 Å². The van der Waals surface area contributed by atoms with Crippen molar-refractivity contribution in [2.24, 2.45) is 5.92 Å². The van der Waals surface area contributed by atoms with Crippen molar-refractivity contribution in [1.82, 2.24) is 15.1 Å². The van der Waals surface area contributed by atoms with Crippen LogP contribution in [0.25, 0.3) is 11.5 Å². The normalized spacial score (nSPS) is 14.0. The number of benzene rings is 1. The Labute approximate surface area is 139 Å². The van der Waals surface area contributed by atoms with Gasteiger partial charge in [-0.2, -0.15) is 4.98 Å². The van der Waals surface area contributed by atoms with Crippen LogP contribution in [0.4, 0.5) is 0 Å².